The molecule has 1 aliphatic rings. The number of aromatic nitrogens is 3. The van der Waals surface area contributed by atoms with Crippen LogP contribution in [0.3, 0.4) is 0 Å². The first-order chi connectivity index (χ1) is 6.25. The number of aryl methyl sites for hydroxylation is 1. The second kappa shape index (κ2) is 3.36. The van der Waals surface area contributed by atoms with Crippen molar-refractivity contribution >= 4 is 5.82 Å². The molecule has 1 unspecified atom stereocenters. The summed E-state index contributed by atoms with van der Waals surface area (Å²) in [6, 6.07) is 0.532. The minimum Gasteiger partial charge on any atom is -0.366 e. The molecule has 2 rings (SSSR count). The zero-order chi connectivity index (χ0) is 9.26. The van der Waals surface area contributed by atoms with Gasteiger partial charge in [0.1, 0.15) is 5.82 Å². The van der Waals surface area contributed by atoms with Crippen LogP contribution in [-0.2, 0) is 7.05 Å². The Labute approximate surface area is 78.3 Å². The zero-order valence-electron chi connectivity index (χ0n) is 8.20. The molecule has 0 aromatic carbocycles. The summed E-state index contributed by atoms with van der Waals surface area (Å²) in [5, 5.41) is 11.1. The highest BCUT2D eigenvalue weighted by Gasteiger charge is 2.23. The third-order valence-electron chi connectivity index (χ3n) is 2.49. The minimum atomic E-state index is 0.532. The zero-order valence-corrected chi connectivity index (χ0v) is 8.20. The van der Waals surface area contributed by atoms with E-state index in [2.05, 4.69) is 22.6 Å². The Kier molecular flexibility index (Phi) is 2.20. The fourth-order valence-electron chi connectivity index (χ4n) is 1.59. The number of hydrogen-bond donors (Lipinski definition) is 1. The summed E-state index contributed by atoms with van der Waals surface area (Å²) in [7, 11) is 1.90. The molecule has 1 fully saturated rings. The predicted molar refractivity (Wildman–Crippen MR) is 51.4 cm³/mol. The third-order valence-corrected chi connectivity index (χ3v) is 2.49. The number of rotatable bonds is 4. The lowest BCUT2D eigenvalue weighted by Gasteiger charge is -2.13. The number of nitrogens with one attached hydrogen (secondary N) is 1. The standard InChI is InChI=1S/C9H16N4/c1-7(5-8-3-4-8)11-9-6-10-12-13(9)2/h6-8,11H,3-5H2,1-2H3. The van der Waals surface area contributed by atoms with E-state index < -0.39 is 0 Å². The van der Waals surface area contributed by atoms with Gasteiger partial charge in [-0.15, -0.1) is 5.10 Å². The first-order valence-electron chi connectivity index (χ1n) is 4.87. The lowest BCUT2D eigenvalue weighted by Crippen LogP contribution is -2.17. The van der Waals surface area contributed by atoms with Gasteiger partial charge in [-0.3, -0.25) is 0 Å². The van der Waals surface area contributed by atoms with Crippen LogP contribution in [0.25, 0.3) is 0 Å². The summed E-state index contributed by atoms with van der Waals surface area (Å²) in [6.45, 7) is 2.21. The molecule has 1 aliphatic carbocycles. The van der Waals surface area contributed by atoms with Crippen LogP contribution in [0.4, 0.5) is 5.82 Å². The second-order valence-electron chi connectivity index (χ2n) is 3.97. The van der Waals surface area contributed by atoms with Gasteiger partial charge in [-0.1, -0.05) is 18.1 Å². The van der Waals surface area contributed by atoms with Crippen LogP contribution >= 0.6 is 0 Å². The highest BCUT2D eigenvalue weighted by molar-refractivity contribution is 5.31. The molecule has 1 aromatic rings. The van der Waals surface area contributed by atoms with E-state index in [9.17, 15) is 0 Å². The molecule has 0 spiro atoms. The van der Waals surface area contributed by atoms with Crippen molar-refractivity contribution < 1.29 is 0 Å². The van der Waals surface area contributed by atoms with Crippen LogP contribution in [0.1, 0.15) is 26.2 Å². The van der Waals surface area contributed by atoms with Crippen molar-refractivity contribution in [2.24, 2.45) is 13.0 Å². The largest absolute Gasteiger partial charge is 0.366 e. The Hall–Kier alpha value is -1.06. The molecule has 1 N–H and O–H groups in total. The fraction of sp³-hybridized carbons (Fsp3) is 0.778. The van der Waals surface area contributed by atoms with Gasteiger partial charge in [-0.25, -0.2) is 4.68 Å². The molecule has 72 valence electrons. The van der Waals surface area contributed by atoms with Gasteiger partial charge >= 0.3 is 0 Å². The van der Waals surface area contributed by atoms with Gasteiger partial charge < -0.3 is 5.32 Å². The summed E-state index contributed by atoms with van der Waals surface area (Å²) in [5.41, 5.74) is 0. The van der Waals surface area contributed by atoms with Crippen LogP contribution in [0.5, 0.6) is 0 Å². The molecule has 0 bridgehead atoms. The first-order valence-corrected chi connectivity index (χ1v) is 4.87. The summed E-state index contributed by atoms with van der Waals surface area (Å²) in [6.07, 6.45) is 5.86. The SMILES string of the molecule is CC(CC1CC1)Nc1cnnn1C. The molecule has 0 saturated heterocycles. The number of anilines is 1. The van der Waals surface area contributed by atoms with Crippen LogP contribution in [0.2, 0.25) is 0 Å². The first kappa shape index (κ1) is 8.53. The van der Waals surface area contributed by atoms with E-state index >= 15 is 0 Å². The minimum absolute atomic E-state index is 0.532. The lowest BCUT2D eigenvalue weighted by atomic mass is 10.2. The highest BCUT2D eigenvalue weighted by Crippen LogP contribution is 2.33. The van der Waals surface area contributed by atoms with Crippen molar-refractivity contribution in [1.29, 1.82) is 0 Å². The maximum Gasteiger partial charge on any atom is 0.144 e. The summed E-state index contributed by atoms with van der Waals surface area (Å²) in [5.74, 6) is 1.97. The molecule has 1 aromatic heterocycles. The average molecular weight is 180 g/mol. The van der Waals surface area contributed by atoms with E-state index in [1.165, 1.54) is 19.3 Å². The van der Waals surface area contributed by atoms with E-state index in [4.69, 9.17) is 0 Å². The Morgan fingerprint density at radius 2 is 2.46 bits per heavy atom. The van der Waals surface area contributed by atoms with E-state index in [1.54, 1.807) is 10.9 Å². The smallest absolute Gasteiger partial charge is 0.144 e. The molecule has 1 saturated carbocycles. The Morgan fingerprint density at radius 3 is 3.00 bits per heavy atom. The van der Waals surface area contributed by atoms with E-state index in [1.807, 2.05) is 7.05 Å². The van der Waals surface area contributed by atoms with Crippen molar-refractivity contribution in [2.75, 3.05) is 5.32 Å². The Morgan fingerprint density at radius 1 is 1.69 bits per heavy atom. The van der Waals surface area contributed by atoms with Crippen molar-refractivity contribution in [1.82, 2.24) is 15.0 Å². The maximum absolute atomic E-state index is 3.87. The molecular weight excluding hydrogens is 164 g/mol. The van der Waals surface area contributed by atoms with Gasteiger partial charge in [0.15, 0.2) is 0 Å². The Bertz CT molecular complexity index is 277. The fourth-order valence-corrected chi connectivity index (χ4v) is 1.59. The van der Waals surface area contributed by atoms with E-state index in [0.29, 0.717) is 6.04 Å². The average Bonchev–Trinajstić information content (AvgIpc) is 2.79. The summed E-state index contributed by atoms with van der Waals surface area (Å²) in [4.78, 5) is 0. The normalized spacial score (nSPS) is 18.6. The second-order valence-corrected chi connectivity index (χ2v) is 3.97. The molecular formula is C9H16N4. The monoisotopic (exact) mass is 180 g/mol. The van der Waals surface area contributed by atoms with Crippen LogP contribution < -0.4 is 5.32 Å². The van der Waals surface area contributed by atoms with Crippen LogP contribution in [0.15, 0.2) is 6.20 Å². The van der Waals surface area contributed by atoms with Gasteiger partial charge in [-0.2, -0.15) is 0 Å². The number of hydrogen-bond acceptors (Lipinski definition) is 3. The van der Waals surface area contributed by atoms with Crippen molar-refractivity contribution in [3.8, 4) is 0 Å². The van der Waals surface area contributed by atoms with Crippen LogP contribution in [0, 0.1) is 5.92 Å². The lowest BCUT2D eigenvalue weighted by molar-refractivity contribution is 0.629. The molecule has 0 aliphatic heterocycles. The van der Waals surface area contributed by atoms with Crippen LogP contribution in [-0.4, -0.2) is 21.0 Å². The molecule has 0 amide bonds. The molecule has 13 heavy (non-hydrogen) atoms. The van der Waals surface area contributed by atoms with Crippen molar-refractivity contribution in [3.63, 3.8) is 0 Å². The number of nitrogens with zero attached hydrogens (tertiary/aromatic N) is 3. The van der Waals surface area contributed by atoms with E-state index in [0.717, 1.165) is 11.7 Å². The quantitative estimate of drug-likeness (QED) is 0.762. The molecule has 4 heteroatoms. The molecule has 1 atom stereocenters. The van der Waals surface area contributed by atoms with Crippen molar-refractivity contribution in [2.45, 2.75) is 32.2 Å². The molecule has 4 nitrogen and oxygen atoms in total. The van der Waals surface area contributed by atoms with Crippen molar-refractivity contribution in [3.05, 3.63) is 6.20 Å². The van der Waals surface area contributed by atoms with Gasteiger partial charge in [0, 0.05) is 13.1 Å². The van der Waals surface area contributed by atoms with Gasteiger partial charge in [0.05, 0.1) is 6.20 Å². The van der Waals surface area contributed by atoms with E-state index in [-0.39, 0.29) is 0 Å². The highest BCUT2D eigenvalue weighted by atomic mass is 15.4. The maximum atomic E-state index is 3.87. The predicted octanol–water partition coefficient (Wildman–Crippen LogP) is 1.42. The molecule has 0 radical (unpaired) electrons. The molecule has 1 heterocycles. The van der Waals surface area contributed by atoms with Gasteiger partial charge in [0.25, 0.3) is 0 Å². The summed E-state index contributed by atoms with van der Waals surface area (Å²) >= 11 is 0. The topological polar surface area (TPSA) is 42.7 Å². The third kappa shape index (κ3) is 2.20. The van der Waals surface area contributed by atoms with Gasteiger partial charge in [-0.05, 0) is 19.3 Å². The summed E-state index contributed by atoms with van der Waals surface area (Å²) < 4.78 is 1.77. The van der Waals surface area contributed by atoms with Gasteiger partial charge in [0.2, 0.25) is 0 Å². The Balaban J connectivity index is 1.85.